The average molecular weight is 246 g/mol. The van der Waals surface area contributed by atoms with Gasteiger partial charge < -0.3 is 9.84 Å². The molecule has 1 N–H and O–H groups in total. The fourth-order valence-corrected chi connectivity index (χ4v) is 2.16. The highest BCUT2D eigenvalue weighted by atomic mass is 19.2. The summed E-state index contributed by atoms with van der Waals surface area (Å²) in [5.41, 5.74) is -0.216. The summed E-state index contributed by atoms with van der Waals surface area (Å²) < 4.78 is 44.5. The number of hydrogen-bond donors (Lipinski definition) is 1. The second-order valence-electron chi connectivity index (χ2n) is 4.26. The number of aliphatic hydroxyl groups is 1. The third-order valence-corrected chi connectivity index (χ3v) is 3.20. The first-order valence-electron chi connectivity index (χ1n) is 5.45. The predicted octanol–water partition coefficient (Wildman–Crippen LogP) is 2.56. The van der Waals surface area contributed by atoms with Crippen molar-refractivity contribution in [1.82, 2.24) is 0 Å². The number of aliphatic hydroxyl groups excluding tert-OH is 1. The highest BCUT2D eigenvalue weighted by Gasteiger charge is 2.33. The van der Waals surface area contributed by atoms with Crippen LogP contribution in [0.5, 0.6) is 0 Å². The minimum atomic E-state index is -1.26. The molecule has 5 heteroatoms. The lowest BCUT2D eigenvalue weighted by Crippen LogP contribution is -2.21. The number of rotatable bonds is 2. The van der Waals surface area contributed by atoms with Crippen molar-refractivity contribution in [3.63, 3.8) is 0 Å². The number of halogens is 3. The molecule has 1 aromatic rings. The molecule has 94 valence electrons. The van der Waals surface area contributed by atoms with E-state index in [0.29, 0.717) is 25.2 Å². The van der Waals surface area contributed by atoms with Crippen LogP contribution in [0.1, 0.15) is 25.0 Å². The Morgan fingerprint density at radius 3 is 2.47 bits per heavy atom. The fourth-order valence-electron chi connectivity index (χ4n) is 2.16. The van der Waals surface area contributed by atoms with Gasteiger partial charge in [0.25, 0.3) is 0 Å². The van der Waals surface area contributed by atoms with E-state index in [-0.39, 0.29) is 17.6 Å². The van der Waals surface area contributed by atoms with Crippen LogP contribution in [-0.2, 0) is 4.74 Å². The van der Waals surface area contributed by atoms with Gasteiger partial charge in [0.05, 0.1) is 12.2 Å². The van der Waals surface area contributed by atoms with Gasteiger partial charge in [0.1, 0.15) is 5.82 Å². The zero-order valence-corrected chi connectivity index (χ0v) is 9.29. The first-order valence-corrected chi connectivity index (χ1v) is 5.45. The van der Waals surface area contributed by atoms with Crippen LogP contribution in [0.3, 0.4) is 0 Å². The highest BCUT2D eigenvalue weighted by molar-refractivity contribution is 5.23. The maximum atomic E-state index is 13.5. The smallest absolute Gasteiger partial charge is 0.161 e. The third-order valence-electron chi connectivity index (χ3n) is 3.20. The van der Waals surface area contributed by atoms with Crippen molar-refractivity contribution >= 4 is 0 Å². The van der Waals surface area contributed by atoms with Crippen molar-refractivity contribution in [2.24, 2.45) is 5.92 Å². The molecule has 0 aliphatic carbocycles. The van der Waals surface area contributed by atoms with Gasteiger partial charge in [0.2, 0.25) is 0 Å². The lowest BCUT2D eigenvalue weighted by Gasteiger charge is -2.21. The van der Waals surface area contributed by atoms with Crippen LogP contribution < -0.4 is 0 Å². The molecule has 0 aromatic heterocycles. The van der Waals surface area contributed by atoms with Crippen molar-refractivity contribution in [2.45, 2.75) is 25.6 Å². The Balaban J connectivity index is 2.30. The average Bonchev–Trinajstić information content (AvgIpc) is 2.69. The molecule has 17 heavy (non-hydrogen) atoms. The molecule has 1 aliphatic heterocycles. The second kappa shape index (κ2) is 4.66. The molecule has 0 saturated carbocycles. The Bertz CT molecular complexity index is 422. The lowest BCUT2D eigenvalue weighted by atomic mass is 9.90. The molecule has 1 saturated heterocycles. The van der Waals surface area contributed by atoms with E-state index in [9.17, 15) is 18.3 Å². The summed E-state index contributed by atoms with van der Waals surface area (Å²) in [7, 11) is 0. The Hall–Kier alpha value is -1.07. The largest absolute Gasteiger partial charge is 0.388 e. The number of ether oxygens (including phenoxy) is 1. The van der Waals surface area contributed by atoms with Crippen molar-refractivity contribution < 1.29 is 23.0 Å². The van der Waals surface area contributed by atoms with Crippen LogP contribution in [0.15, 0.2) is 12.1 Å². The summed E-state index contributed by atoms with van der Waals surface area (Å²) in [6, 6.07) is 1.16. The first kappa shape index (κ1) is 12.4. The van der Waals surface area contributed by atoms with Gasteiger partial charge >= 0.3 is 0 Å². The molecule has 0 amide bonds. The third kappa shape index (κ3) is 2.30. The zero-order chi connectivity index (χ0) is 12.6. The van der Waals surface area contributed by atoms with Crippen LogP contribution >= 0.6 is 0 Å². The fraction of sp³-hybridized carbons (Fsp3) is 0.500. The number of benzene rings is 1. The molecule has 3 unspecified atom stereocenters. The summed E-state index contributed by atoms with van der Waals surface area (Å²) in [5, 5.41) is 9.98. The molecule has 0 bridgehead atoms. The van der Waals surface area contributed by atoms with Gasteiger partial charge in [0.15, 0.2) is 11.6 Å². The summed E-state index contributed by atoms with van der Waals surface area (Å²) in [6.45, 7) is 2.24. The highest BCUT2D eigenvalue weighted by Crippen LogP contribution is 2.34. The van der Waals surface area contributed by atoms with E-state index in [1.165, 1.54) is 0 Å². The zero-order valence-electron chi connectivity index (χ0n) is 9.29. The summed E-state index contributed by atoms with van der Waals surface area (Å²) in [6.07, 6.45) is -0.832. The molecular weight excluding hydrogens is 233 g/mol. The van der Waals surface area contributed by atoms with E-state index in [1.807, 2.05) is 0 Å². The monoisotopic (exact) mass is 246 g/mol. The Kier molecular flexibility index (Phi) is 3.40. The molecule has 1 heterocycles. The minimum Gasteiger partial charge on any atom is -0.388 e. The normalized spacial score (nSPS) is 26.2. The van der Waals surface area contributed by atoms with Crippen LogP contribution in [0, 0.1) is 23.4 Å². The lowest BCUT2D eigenvalue weighted by molar-refractivity contribution is 0.0412. The van der Waals surface area contributed by atoms with Gasteiger partial charge in [-0.1, -0.05) is 0 Å². The molecule has 1 fully saturated rings. The molecule has 2 rings (SSSR count). The van der Waals surface area contributed by atoms with Gasteiger partial charge in [-0.2, -0.15) is 0 Å². The van der Waals surface area contributed by atoms with E-state index < -0.39 is 23.6 Å². The van der Waals surface area contributed by atoms with Gasteiger partial charge in [-0.05, 0) is 19.4 Å². The van der Waals surface area contributed by atoms with E-state index in [0.717, 1.165) is 0 Å². The van der Waals surface area contributed by atoms with E-state index in [1.54, 1.807) is 6.92 Å². The van der Waals surface area contributed by atoms with Crippen molar-refractivity contribution in [3.8, 4) is 0 Å². The van der Waals surface area contributed by atoms with Gasteiger partial charge in [-0.15, -0.1) is 0 Å². The maximum Gasteiger partial charge on any atom is 0.161 e. The topological polar surface area (TPSA) is 29.5 Å². The van der Waals surface area contributed by atoms with Crippen molar-refractivity contribution in [2.75, 3.05) is 6.61 Å². The first-order chi connectivity index (χ1) is 8.00. The molecule has 0 radical (unpaired) electrons. The predicted molar refractivity (Wildman–Crippen MR) is 54.8 cm³/mol. The SMILES string of the molecule is CC1OCCC1C(O)c1cc(F)c(F)cc1F. The summed E-state index contributed by atoms with van der Waals surface area (Å²) >= 11 is 0. The summed E-state index contributed by atoms with van der Waals surface area (Å²) in [4.78, 5) is 0. The quantitative estimate of drug-likeness (QED) is 0.813. The van der Waals surface area contributed by atoms with Gasteiger partial charge in [-0.25, -0.2) is 13.2 Å². The molecular formula is C12H13F3O2. The van der Waals surface area contributed by atoms with E-state index >= 15 is 0 Å². The standard InChI is InChI=1S/C12H13F3O2/c1-6-7(2-3-17-6)12(16)8-4-10(14)11(15)5-9(8)13/h4-7,12,16H,2-3H2,1H3. The van der Waals surface area contributed by atoms with Crippen LogP contribution in [0.4, 0.5) is 13.2 Å². The van der Waals surface area contributed by atoms with Crippen LogP contribution in [-0.4, -0.2) is 17.8 Å². The van der Waals surface area contributed by atoms with Crippen molar-refractivity contribution in [3.05, 3.63) is 35.1 Å². The second-order valence-corrected chi connectivity index (χ2v) is 4.26. The van der Waals surface area contributed by atoms with Crippen molar-refractivity contribution in [1.29, 1.82) is 0 Å². The van der Waals surface area contributed by atoms with E-state index in [2.05, 4.69) is 0 Å². The van der Waals surface area contributed by atoms with Crippen LogP contribution in [0.2, 0.25) is 0 Å². The molecule has 3 atom stereocenters. The maximum absolute atomic E-state index is 13.5. The molecule has 1 aliphatic rings. The Morgan fingerprint density at radius 1 is 1.24 bits per heavy atom. The van der Waals surface area contributed by atoms with Gasteiger partial charge in [-0.3, -0.25) is 0 Å². The number of hydrogen-bond acceptors (Lipinski definition) is 2. The minimum absolute atomic E-state index is 0.216. The van der Waals surface area contributed by atoms with Gasteiger partial charge in [0, 0.05) is 24.2 Å². The Labute approximate surface area is 97.0 Å². The molecule has 0 spiro atoms. The molecule has 1 aromatic carbocycles. The van der Waals surface area contributed by atoms with E-state index in [4.69, 9.17) is 4.74 Å². The van der Waals surface area contributed by atoms with Crippen LogP contribution in [0.25, 0.3) is 0 Å². The molecule has 2 nitrogen and oxygen atoms in total. The Morgan fingerprint density at radius 2 is 1.88 bits per heavy atom. The summed E-state index contributed by atoms with van der Waals surface area (Å²) in [5.74, 6) is -3.65.